The number of rotatable bonds is 3. The molecule has 0 fully saturated rings. The number of para-hydroxylation sites is 1. The number of aryl methyl sites for hydroxylation is 1. The van der Waals surface area contributed by atoms with Gasteiger partial charge in [0, 0.05) is 0 Å². The molecule has 0 heterocycles. The highest BCUT2D eigenvalue weighted by Crippen LogP contribution is 2.31. The first-order valence-corrected chi connectivity index (χ1v) is 5.56. The number of halogens is 2. The number of nitrogens with one attached hydrogen (secondary N) is 1. The van der Waals surface area contributed by atoms with Gasteiger partial charge in [-0.05, 0) is 30.7 Å². The first-order chi connectivity index (χ1) is 9.00. The van der Waals surface area contributed by atoms with Crippen molar-refractivity contribution in [1.82, 2.24) is 0 Å². The van der Waals surface area contributed by atoms with Gasteiger partial charge in [0.05, 0.1) is 5.56 Å². The Morgan fingerprint density at radius 1 is 1.16 bits per heavy atom. The van der Waals surface area contributed by atoms with E-state index >= 15 is 0 Å². The molecule has 0 atom stereocenters. The molecule has 0 radical (unpaired) electrons. The minimum Gasteiger partial charge on any atom is -0.453 e. The average molecular weight is 262 g/mol. The Hall–Kier alpha value is -2.43. The lowest BCUT2D eigenvalue weighted by Gasteiger charge is -2.13. The molecule has 19 heavy (non-hydrogen) atoms. The molecule has 2 aromatic carbocycles. The van der Waals surface area contributed by atoms with Gasteiger partial charge in [0.1, 0.15) is 11.6 Å². The summed E-state index contributed by atoms with van der Waals surface area (Å²) in [6.07, 6.45) is 0. The van der Waals surface area contributed by atoms with Crippen molar-refractivity contribution in [2.45, 2.75) is 6.92 Å². The first-order valence-electron chi connectivity index (χ1n) is 5.56. The Balaban J connectivity index is 2.49. The van der Waals surface area contributed by atoms with Crippen molar-refractivity contribution >= 4 is 5.84 Å². The van der Waals surface area contributed by atoms with Crippen molar-refractivity contribution in [2.75, 3.05) is 0 Å². The van der Waals surface area contributed by atoms with Crippen LogP contribution in [0.1, 0.15) is 11.1 Å². The van der Waals surface area contributed by atoms with Gasteiger partial charge in [-0.15, -0.1) is 0 Å². The molecule has 3 N–H and O–H groups in total. The highest BCUT2D eigenvalue weighted by Gasteiger charge is 2.14. The molecule has 5 heteroatoms. The summed E-state index contributed by atoms with van der Waals surface area (Å²) in [5, 5.41) is 7.46. The van der Waals surface area contributed by atoms with Gasteiger partial charge in [0.2, 0.25) is 5.82 Å². The van der Waals surface area contributed by atoms with Crippen LogP contribution in [0, 0.1) is 24.0 Å². The molecular weight excluding hydrogens is 250 g/mol. The third-order valence-corrected chi connectivity index (χ3v) is 2.63. The van der Waals surface area contributed by atoms with Crippen LogP contribution < -0.4 is 10.5 Å². The Morgan fingerprint density at radius 2 is 1.84 bits per heavy atom. The monoisotopic (exact) mass is 262 g/mol. The van der Waals surface area contributed by atoms with E-state index in [0.29, 0.717) is 11.1 Å². The molecule has 0 aliphatic carbocycles. The SMILES string of the molecule is Cc1cccc(C(=N)N)c1Oc1cccc(F)c1F. The molecular formula is C14H12F2N2O. The normalized spacial score (nSPS) is 10.3. The molecule has 0 amide bonds. The topological polar surface area (TPSA) is 59.1 Å². The van der Waals surface area contributed by atoms with Gasteiger partial charge in [0.15, 0.2) is 11.6 Å². The van der Waals surface area contributed by atoms with Crippen LogP contribution in [0.2, 0.25) is 0 Å². The summed E-state index contributed by atoms with van der Waals surface area (Å²) in [5.41, 5.74) is 6.45. The molecule has 0 aromatic heterocycles. The summed E-state index contributed by atoms with van der Waals surface area (Å²) in [6, 6.07) is 8.70. The van der Waals surface area contributed by atoms with E-state index in [-0.39, 0.29) is 17.3 Å². The zero-order valence-electron chi connectivity index (χ0n) is 10.2. The van der Waals surface area contributed by atoms with E-state index in [1.165, 1.54) is 12.1 Å². The zero-order chi connectivity index (χ0) is 14.0. The summed E-state index contributed by atoms with van der Waals surface area (Å²) >= 11 is 0. The van der Waals surface area contributed by atoms with E-state index in [1.54, 1.807) is 25.1 Å². The highest BCUT2D eigenvalue weighted by molar-refractivity contribution is 5.98. The zero-order valence-corrected chi connectivity index (χ0v) is 10.2. The van der Waals surface area contributed by atoms with Gasteiger partial charge in [-0.3, -0.25) is 5.41 Å². The predicted molar refractivity (Wildman–Crippen MR) is 68.6 cm³/mol. The van der Waals surface area contributed by atoms with Gasteiger partial charge in [-0.2, -0.15) is 4.39 Å². The lowest BCUT2D eigenvalue weighted by molar-refractivity contribution is 0.413. The predicted octanol–water partition coefficient (Wildman–Crippen LogP) is 3.35. The van der Waals surface area contributed by atoms with Crippen LogP contribution in [0.4, 0.5) is 8.78 Å². The van der Waals surface area contributed by atoms with Crippen molar-refractivity contribution in [3.63, 3.8) is 0 Å². The number of benzene rings is 2. The van der Waals surface area contributed by atoms with Crippen LogP contribution in [0.3, 0.4) is 0 Å². The van der Waals surface area contributed by atoms with E-state index in [1.807, 2.05) is 0 Å². The molecule has 0 unspecified atom stereocenters. The van der Waals surface area contributed by atoms with Gasteiger partial charge >= 0.3 is 0 Å². The van der Waals surface area contributed by atoms with Gasteiger partial charge in [0.25, 0.3) is 0 Å². The first kappa shape index (κ1) is 13.0. The number of amidine groups is 1. The van der Waals surface area contributed by atoms with Crippen molar-refractivity contribution in [3.05, 3.63) is 59.2 Å². The van der Waals surface area contributed by atoms with Crippen molar-refractivity contribution in [1.29, 1.82) is 5.41 Å². The van der Waals surface area contributed by atoms with E-state index < -0.39 is 11.6 Å². The van der Waals surface area contributed by atoms with Gasteiger partial charge in [-0.25, -0.2) is 4.39 Å². The number of hydrogen-bond acceptors (Lipinski definition) is 2. The minimum absolute atomic E-state index is 0.199. The molecule has 98 valence electrons. The van der Waals surface area contributed by atoms with Crippen LogP contribution in [0.5, 0.6) is 11.5 Å². The highest BCUT2D eigenvalue weighted by atomic mass is 19.2. The lowest BCUT2D eigenvalue weighted by atomic mass is 10.1. The Morgan fingerprint density at radius 3 is 2.53 bits per heavy atom. The molecule has 0 spiro atoms. The quantitative estimate of drug-likeness (QED) is 0.658. The third kappa shape index (κ3) is 2.54. The van der Waals surface area contributed by atoms with Crippen LogP contribution in [-0.4, -0.2) is 5.84 Å². The Bertz CT molecular complexity index is 641. The van der Waals surface area contributed by atoms with Crippen molar-refractivity contribution in [2.24, 2.45) is 5.73 Å². The minimum atomic E-state index is -1.07. The molecule has 0 aliphatic heterocycles. The van der Waals surface area contributed by atoms with E-state index in [0.717, 1.165) is 6.07 Å². The third-order valence-electron chi connectivity index (χ3n) is 2.63. The largest absolute Gasteiger partial charge is 0.453 e. The molecule has 3 nitrogen and oxygen atoms in total. The number of ether oxygens (including phenoxy) is 1. The summed E-state index contributed by atoms with van der Waals surface area (Å²) in [4.78, 5) is 0. The fraction of sp³-hybridized carbons (Fsp3) is 0.0714. The van der Waals surface area contributed by atoms with Crippen LogP contribution in [-0.2, 0) is 0 Å². The standard InChI is InChI=1S/C14H12F2N2O/c1-8-4-2-5-9(14(17)18)13(8)19-11-7-3-6-10(15)12(11)16/h2-7H,1H3,(H3,17,18). The van der Waals surface area contributed by atoms with Crippen LogP contribution in [0.25, 0.3) is 0 Å². The van der Waals surface area contributed by atoms with Gasteiger partial charge < -0.3 is 10.5 Å². The maximum Gasteiger partial charge on any atom is 0.201 e. The van der Waals surface area contributed by atoms with E-state index in [4.69, 9.17) is 15.9 Å². The molecule has 0 saturated carbocycles. The Labute approximate surface area is 109 Å². The Kier molecular flexibility index (Phi) is 3.46. The van der Waals surface area contributed by atoms with E-state index in [9.17, 15) is 8.78 Å². The van der Waals surface area contributed by atoms with Gasteiger partial charge in [-0.1, -0.05) is 18.2 Å². The fourth-order valence-electron chi connectivity index (χ4n) is 1.67. The van der Waals surface area contributed by atoms with Crippen LogP contribution in [0.15, 0.2) is 36.4 Å². The maximum atomic E-state index is 13.6. The number of nitrogens with two attached hydrogens (primary N) is 1. The molecule has 2 rings (SSSR count). The second-order valence-corrected chi connectivity index (χ2v) is 4.02. The molecule has 0 bridgehead atoms. The lowest BCUT2D eigenvalue weighted by Crippen LogP contribution is -2.13. The second-order valence-electron chi connectivity index (χ2n) is 4.02. The summed E-state index contributed by atoms with van der Waals surface area (Å²) in [7, 11) is 0. The summed E-state index contributed by atoms with van der Waals surface area (Å²) in [5.74, 6) is -2.25. The number of hydrogen-bond donors (Lipinski definition) is 2. The number of nitrogen functional groups attached to an aromatic ring is 1. The molecule has 2 aromatic rings. The fourth-order valence-corrected chi connectivity index (χ4v) is 1.67. The molecule has 0 saturated heterocycles. The average Bonchev–Trinajstić information content (AvgIpc) is 2.36. The maximum absolute atomic E-state index is 13.6. The van der Waals surface area contributed by atoms with Crippen molar-refractivity contribution < 1.29 is 13.5 Å². The smallest absolute Gasteiger partial charge is 0.201 e. The summed E-state index contributed by atoms with van der Waals surface area (Å²) < 4.78 is 32.1. The second kappa shape index (κ2) is 5.06. The van der Waals surface area contributed by atoms with E-state index in [2.05, 4.69) is 0 Å². The van der Waals surface area contributed by atoms with Crippen LogP contribution >= 0.6 is 0 Å². The van der Waals surface area contributed by atoms with Crippen molar-refractivity contribution in [3.8, 4) is 11.5 Å². The summed E-state index contributed by atoms with van der Waals surface area (Å²) in [6.45, 7) is 1.74. The molecule has 0 aliphatic rings.